The van der Waals surface area contributed by atoms with Gasteiger partial charge in [-0.1, -0.05) is 0 Å². The summed E-state index contributed by atoms with van der Waals surface area (Å²) in [6, 6.07) is 0. The molecule has 6 nitrogen and oxygen atoms in total. The van der Waals surface area contributed by atoms with Crippen LogP contribution < -0.4 is 10.6 Å². The van der Waals surface area contributed by atoms with Gasteiger partial charge in [0.15, 0.2) is 5.96 Å². The van der Waals surface area contributed by atoms with Crippen LogP contribution in [0.25, 0.3) is 0 Å². The average molecular weight is 367 g/mol. The number of ether oxygens (including phenoxy) is 1. The number of halogens is 1. The molecule has 0 aromatic carbocycles. The van der Waals surface area contributed by atoms with E-state index in [1.807, 2.05) is 24.0 Å². The molecular weight excluding hydrogens is 345 g/mol. The first kappa shape index (κ1) is 17.2. The highest BCUT2D eigenvalue weighted by atomic mass is 127. The molecule has 0 unspecified atom stereocenters. The molecule has 0 spiro atoms. The smallest absolute Gasteiger partial charge is 0.191 e. The van der Waals surface area contributed by atoms with E-state index in [-0.39, 0.29) is 24.0 Å². The molecular formula is C11H22IN5O. The summed E-state index contributed by atoms with van der Waals surface area (Å²) in [7, 11) is 3.43. The van der Waals surface area contributed by atoms with Crippen LogP contribution in [0.15, 0.2) is 17.4 Å². The van der Waals surface area contributed by atoms with E-state index < -0.39 is 0 Å². The van der Waals surface area contributed by atoms with Gasteiger partial charge in [-0.15, -0.1) is 24.0 Å². The Morgan fingerprint density at radius 1 is 1.44 bits per heavy atom. The van der Waals surface area contributed by atoms with Gasteiger partial charge in [0.1, 0.15) is 0 Å². The molecule has 0 aliphatic carbocycles. The molecule has 0 fully saturated rings. The molecule has 2 N–H and O–H groups in total. The van der Waals surface area contributed by atoms with E-state index in [9.17, 15) is 0 Å². The normalized spacial score (nSPS) is 10.9. The second-order valence-electron chi connectivity index (χ2n) is 3.70. The Morgan fingerprint density at radius 3 is 2.72 bits per heavy atom. The number of aryl methyl sites for hydroxylation is 1. The molecule has 0 bridgehead atoms. The lowest BCUT2D eigenvalue weighted by Crippen LogP contribution is -2.40. The summed E-state index contributed by atoms with van der Waals surface area (Å²) in [6.45, 7) is 5.05. The number of aliphatic imine (C=N–C) groups is 1. The van der Waals surface area contributed by atoms with Gasteiger partial charge in [-0.05, 0) is 12.5 Å². The summed E-state index contributed by atoms with van der Waals surface area (Å²) >= 11 is 0. The SMILES string of the molecule is CN=C(NCCOC)NCCn1cc(C)cn1.I. The van der Waals surface area contributed by atoms with Crippen molar-refractivity contribution >= 4 is 29.9 Å². The molecule has 0 saturated heterocycles. The number of aromatic nitrogens is 2. The summed E-state index contributed by atoms with van der Waals surface area (Å²) in [5.41, 5.74) is 1.17. The van der Waals surface area contributed by atoms with Crippen LogP contribution in [0.3, 0.4) is 0 Å². The molecule has 0 radical (unpaired) electrons. The molecule has 1 aromatic rings. The van der Waals surface area contributed by atoms with E-state index in [0.717, 1.165) is 25.6 Å². The Hall–Kier alpha value is -0.830. The van der Waals surface area contributed by atoms with Crippen LogP contribution >= 0.6 is 24.0 Å². The fourth-order valence-electron chi connectivity index (χ4n) is 1.37. The topological polar surface area (TPSA) is 63.5 Å². The molecule has 1 rings (SSSR count). The van der Waals surface area contributed by atoms with Gasteiger partial charge in [-0.2, -0.15) is 5.10 Å². The lowest BCUT2D eigenvalue weighted by atomic mass is 10.4. The highest BCUT2D eigenvalue weighted by Crippen LogP contribution is 1.92. The Balaban J connectivity index is 0.00000289. The van der Waals surface area contributed by atoms with Crippen molar-refractivity contribution in [3.05, 3.63) is 18.0 Å². The zero-order valence-corrected chi connectivity index (χ0v) is 13.5. The number of hydrogen-bond donors (Lipinski definition) is 2. The molecule has 1 heterocycles. The molecule has 7 heteroatoms. The van der Waals surface area contributed by atoms with Crippen LogP contribution in [0.2, 0.25) is 0 Å². The van der Waals surface area contributed by atoms with Crippen molar-refractivity contribution in [1.29, 1.82) is 0 Å². The van der Waals surface area contributed by atoms with Crippen molar-refractivity contribution in [3.63, 3.8) is 0 Å². The zero-order chi connectivity index (χ0) is 12.5. The number of rotatable bonds is 6. The summed E-state index contributed by atoms with van der Waals surface area (Å²) in [6.07, 6.45) is 3.87. The van der Waals surface area contributed by atoms with Gasteiger partial charge in [-0.25, -0.2) is 0 Å². The van der Waals surface area contributed by atoms with Gasteiger partial charge < -0.3 is 15.4 Å². The fourth-order valence-corrected chi connectivity index (χ4v) is 1.37. The minimum Gasteiger partial charge on any atom is -0.383 e. The molecule has 1 aromatic heterocycles. The molecule has 104 valence electrons. The van der Waals surface area contributed by atoms with Crippen molar-refractivity contribution in [3.8, 4) is 0 Å². The van der Waals surface area contributed by atoms with Gasteiger partial charge in [0, 0.05) is 33.4 Å². The molecule has 0 atom stereocenters. The summed E-state index contributed by atoms with van der Waals surface area (Å²) in [5, 5.41) is 10.6. The predicted molar refractivity (Wildman–Crippen MR) is 83.6 cm³/mol. The molecule has 18 heavy (non-hydrogen) atoms. The quantitative estimate of drug-likeness (QED) is 0.335. The van der Waals surface area contributed by atoms with Crippen LogP contribution in [-0.2, 0) is 11.3 Å². The molecule has 0 saturated carbocycles. The van der Waals surface area contributed by atoms with Gasteiger partial charge in [0.05, 0.1) is 19.3 Å². The molecule has 0 aliphatic heterocycles. The number of guanidine groups is 1. The standard InChI is InChI=1S/C11H21N5O.HI/c1-10-8-15-16(9-10)6-4-13-11(12-2)14-5-7-17-3;/h8-9H,4-7H2,1-3H3,(H2,12,13,14);1H. The van der Waals surface area contributed by atoms with Crippen molar-refractivity contribution in [2.45, 2.75) is 13.5 Å². The van der Waals surface area contributed by atoms with E-state index in [1.54, 1.807) is 14.2 Å². The minimum absolute atomic E-state index is 0. The van der Waals surface area contributed by atoms with Crippen LogP contribution in [0.5, 0.6) is 0 Å². The minimum atomic E-state index is 0. The maximum absolute atomic E-state index is 4.95. The lowest BCUT2D eigenvalue weighted by molar-refractivity contribution is 0.203. The highest BCUT2D eigenvalue weighted by molar-refractivity contribution is 14.0. The van der Waals surface area contributed by atoms with Crippen molar-refractivity contribution in [2.24, 2.45) is 4.99 Å². The van der Waals surface area contributed by atoms with Crippen LogP contribution in [0, 0.1) is 6.92 Å². The largest absolute Gasteiger partial charge is 0.383 e. The second-order valence-corrected chi connectivity index (χ2v) is 3.70. The summed E-state index contributed by atoms with van der Waals surface area (Å²) < 4.78 is 6.86. The van der Waals surface area contributed by atoms with Gasteiger partial charge >= 0.3 is 0 Å². The third-order valence-corrected chi connectivity index (χ3v) is 2.22. The van der Waals surface area contributed by atoms with Crippen molar-refractivity contribution in [2.75, 3.05) is 33.9 Å². The van der Waals surface area contributed by atoms with Crippen LogP contribution in [0.4, 0.5) is 0 Å². The maximum atomic E-state index is 4.95. The summed E-state index contributed by atoms with van der Waals surface area (Å²) in [4.78, 5) is 4.11. The Kier molecular flexibility index (Phi) is 9.66. The number of nitrogens with zero attached hydrogens (tertiary/aromatic N) is 3. The van der Waals surface area contributed by atoms with Crippen molar-refractivity contribution < 1.29 is 4.74 Å². The van der Waals surface area contributed by atoms with E-state index in [4.69, 9.17) is 4.74 Å². The second kappa shape index (κ2) is 10.1. The van der Waals surface area contributed by atoms with E-state index in [0.29, 0.717) is 6.61 Å². The number of methoxy groups -OCH3 is 1. The summed E-state index contributed by atoms with van der Waals surface area (Å²) in [5.74, 6) is 0.783. The average Bonchev–Trinajstić information content (AvgIpc) is 2.73. The third kappa shape index (κ3) is 6.80. The third-order valence-electron chi connectivity index (χ3n) is 2.22. The first-order valence-corrected chi connectivity index (χ1v) is 5.68. The zero-order valence-electron chi connectivity index (χ0n) is 11.1. The highest BCUT2D eigenvalue weighted by Gasteiger charge is 1.97. The Labute approximate surface area is 125 Å². The van der Waals surface area contributed by atoms with E-state index in [2.05, 4.69) is 20.7 Å². The number of hydrogen-bond acceptors (Lipinski definition) is 3. The first-order chi connectivity index (χ1) is 8.26. The maximum Gasteiger partial charge on any atom is 0.191 e. The van der Waals surface area contributed by atoms with Gasteiger partial charge in [0.25, 0.3) is 0 Å². The Bertz CT molecular complexity index is 353. The van der Waals surface area contributed by atoms with Crippen molar-refractivity contribution in [1.82, 2.24) is 20.4 Å². The number of nitrogens with one attached hydrogen (secondary N) is 2. The Morgan fingerprint density at radius 2 is 2.17 bits per heavy atom. The molecule has 0 aliphatic rings. The first-order valence-electron chi connectivity index (χ1n) is 5.68. The van der Waals surface area contributed by atoms with E-state index >= 15 is 0 Å². The predicted octanol–water partition coefficient (Wildman–Crippen LogP) is 0.621. The fraction of sp³-hybridized carbons (Fsp3) is 0.636. The van der Waals surface area contributed by atoms with Gasteiger partial charge in [-0.3, -0.25) is 9.67 Å². The van der Waals surface area contributed by atoms with E-state index in [1.165, 1.54) is 5.56 Å². The lowest BCUT2D eigenvalue weighted by Gasteiger charge is -2.11. The van der Waals surface area contributed by atoms with Gasteiger partial charge in [0.2, 0.25) is 0 Å². The molecule has 0 amide bonds. The van der Waals surface area contributed by atoms with Crippen LogP contribution in [0.1, 0.15) is 5.56 Å². The monoisotopic (exact) mass is 367 g/mol. The van der Waals surface area contributed by atoms with Crippen LogP contribution in [-0.4, -0.2) is 49.6 Å².